The molecule has 8 nitrogen and oxygen atoms in total. The van der Waals surface area contributed by atoms with Crippen molar-refractivity contribution in [3.8, 4) is 5.75 Å². The van der Waals surface area contributed by atoms with Gasteiger partial charge in [0.25, 0.3) is 5.91 Å². The molecule has 1 atom stereocenters. The molecule has 8 heteroatoms. The lowest BCUT2D eigenvalue weighted by Crippen LogP contribution is -2.23. The number of carbonyl (C=O) groups is 2. The number of rotatable bonds is 4. The first kappa shape index (κ1) is 16.6. The van der Waals surface area contributed by atoms with Crippen LogP contribution in [0.4, 0.5) is 0 Å². The SMILES string of the molecule is COC(=O)c1ccc(OC)c(C2=CCC(/C=C3/NC(=N)NC3=O)O2)c1. The fraction of sp³-hybridized carbons (Fsp3) is 0.235. The van der Waals surface area contributed by atoms with Gasteiger partial charge in [-0.15, -0.1) is 0 Å². The molecule has 1 aromatic rings. The summed E-state index contributed by atoms with van der Waals surface area (Å²) < 4.78 is 15.9. The van der Waals surface area contributed by atoms with E-state index in [0.29, 0.717) is 29.1 Å². The lowest BCUT2D eigenvalue weighted by Gasteiger charge is -2.14. The van der Waals surface area contributed by atoms with Crippen LogP contribution in [0, 0.1) is 5.41 Å². The topological polar surface area (TPSA) is 110 Å². The molecule has 0 bridgehead atoms. The van der Waals surface area contributed by atoms with Crippen LogP contribution < -0.4 is 15.4 Å². The Morgan fingerprint density at radius 2 is 2.16 bits per heavy atom. The summed E-state index contributed by atoms with van der Waals surface area (Å²) in [5.74, 6) is 0.234. The molecule has 3 rings (SSSR count). The second-order valence-electron chi connectivity index (χ2n) is 5.40. The van der Waals surface area contributed by atoms with Gasteiger partial charge < -0.3 is 19.5 Å². The number of esters is 1. The van der Waals surface area contributed by atoms with Gasteiger partial charge in [-0.05, 0) is 30.4 Å². The van der Waals surface area contributed by atoms with Crippen molar-refractivity contribution in [2.75, 3.05) is 14.2 Å². The summed E-state index contributed by atoms with van der Waals surface area (Å²) in [5.41, 5.74) is 1.29. The van der Waals surface area contributed by atoms with Crippen LogP contribution >= 0.6 is 0 Å². The molecule has 25 heavy (non-hydrogen) atoms. The van der Waals surface area contributed by atoms with Gasteiger partial charge in [-0.2, -0.15) is 0 Å². The maximum Gasteiger partial charge on any atom is 0.337 e. The van der Waals surface area contributed by atoms with Crippen molar-refractivity contribution in [3.05, 3.63) is 47.2 Å². The van der Waals surface area contributed by atoms with E-state index in [0.717, 1.165) is 0 Å². The Morgan fingerprint density at radius 3 is 2.80 bits per heavy atom. The first-order valence-electron chi connectivity index (χ1n) is 7.54. The van der Waals surface area contributed by atoms with Gasteiger partial charge in [0.1, 0.15) is 23.3 Å². The molecular formula is C17H17N3O5. The molecule has 2 aliphatic heterocycles. The maximum absolute atomic E-state index is 11.7. The van der Waals surface area contributed by atoms with Gasteiger partial charge in [0.05, 0.1) is 25.3 Å². The van der Waals surface area contributed by atoms with Crippen molar-refractivity contribution in [2.45, 2.75) is 12.5 Å². The van der Waals surface area contributed by atoms with Crippen molar-refractivity contribution in [1.29, 1.82) is 5.41 Å². The first-order chi connectivity index (χ1) is 12.0. The van der Waals surface area contributed by atoms with E-state index >= 15 is 0 Å². The highest BCUT2D eigenvalue weighted by Crippen LogP contribution is 2.34. The van der Waals surface area contributed by atoms with Gasteiger partial charge in [-0.25, -0.2) is 4.79 Å². The molecule has 0 aromatic heterocycles. The minimum absolute atomic E-state index is 0.0603. The Morgan fingerprint density at radius 1 is 1.36 bits per heavy atom. The van der Waals surface area contributed by atoms with E-state index in [1.165, 1.54) is 14.2 Å². The number of guanidine groups is 1. The van der Waals surface area contributed by atoms with E-state index in [-0.39, 0.29) is 23.7 Å². The highest BCUT2D eigenvalue weighted by atomic mass is 16.5. The summed E-state index contributed by atoms with van der Waals surface area (Å²) in [6, 6.07) is 4.93. The average Bonchev–Trinajstić information content (AvgIpc) is 3.20. The maximum atomic E-state index is 11.7. The highest BCUT2D eigenvalue weighted by Gasteiger charge is 2.26. The lowest BCUT2D eigenvalue weighted by atomic mass is 10.1. The largest absolute Gasteiger partial charge is 0.496 e. The third kappa shape index (κ3) is 3.32. The van der Waals surface area contributed by atoms with E-state index < -0.39 is 5.97 Å². The number of nitrogens with one attached hydrogen (secondary N) is 3. The average molecular weight is 343 g/mol. The van der Waals surface area contributed by atoms with Crippen molar-refractivity contribution in [1.82, 2.24) is 10.6 Å². The van der Waals surface area contributed by atoms with E-state index in [1.54, 1.807) is 24.3 Å². The molecule has 1 fully saturated rings. The van der Waals surface area contributed by atoms with E-state index in [9.17, 15) is 9.59 Å². The standard InChI is InChI=1S/C17H17N3O5/c1-23-13-5-3-9(16(22)24-2)7-11(13)14-6-4-10(25-14)8-12-15(21)20-17(18)19-12/h3,5-8,10H,4H2,1-2H3,(H3,18,19,20,21)/b12-8+. The Labute approximate surface area is 144 Å². The minimum atomic E-state index is -0.452. The number of hydrogen-bond donors (Lipinski definition) is 3. The molecular weight excluding hydrogens is 326 g/mol. The van der Waals surface area contributed by atoms with Gasteiger partial charge in [0, 0.05) is 6.42 Å². The van der Waals surface area contributed by atoms with Gasteiger partial charge in [-0.1, -0.05) is 0 Å². The summed E-state index contributed by atoms with van der Waals surface area (Å²) in [4.78, 5) is 23.4. The van der Waals surface area contributed by atoms with Crippen LogP contribution in [0.5, 0.6) is 5.75 Å². The number of benzene rings is 1. The third-order valence-corrected chi connectivity index (χ3v) is 3.80. The molecule has 1 aromatic carbocycles. The van der Waals surface area contributed by atoms with Crippen molar-refractivity contribution in [2.24, 2.45) is 0 Å². The van der Waals surface area contributed by atoms with Gasteiger partial charge in [0.15, 0.2) is 5.96 Å². The fourth-order valence-electron chi connectivity index (χ4n) is 2.61. The van der Waals surface area contributed by atoms with Crippen LogP contribution in [0.1, 0.15) is 22.3 Å². The van der Waals surface area contributed by atoms with Crippen LogP contribution in [-0.4, -0.2) is 38.2 Å². The number of hydrogen-bond acceptors (Lipinski definition) is 6. The summed E-state index contributed by atoms with van der Waals surface area (Å²) in [7, 11) is 2.85. The van der Waals surface area contributed by atoms with E-state index in [2.05, 4.69) is 10.6 Å². The highest BCUT2D eigenvalue weighted by molar-refractivity contribution is 6.12. The predicted octanol–water partition coefficient (Wildman–Crippen LogP) is 1.15. The summed E-state index contributed by atoms with van der Waals surface area (Å²) in [6.07, 6.45) is 3.67. The van der Waals surface area contributed by atoms with Gasteiger partial charge in [0.2, 0.25) is 0 Å². The number of ether oxygens (including phenoxy) is 3. The summed E-state index contributed by atoms with van der Waals surface area (Å²) in [5, 5.41) is 12.4. The van der Waals surface area contributed by atoms with Gasteiger partial charge in [-0.3, -0.25) is 15.5 Å². The molecule has 0 aliphatic carbocycles. The molecule has 0 spiro atoms. The molecule has 2 aliphatic rings. The Kier molecular flexibility index (Phi) is 4.42. The molecule has 1 saturated heterocycles. The fourth-order valence-corrected chi connectivity index (χ4v) is 2.61. The Hall–Kier alpha value is -3.29. The second-order valence-corrected chi connectivity index (χ2v) is 5.40. The summed E-state index contributed by atoms with van der Waals surface area (Å²) >= 11 is 0. The van der Waals surface area contributed by atoms with Crippen LogP contribution in [0.2, 0.25) is 0 Å². The zero-order valence-electron chi connectivity index (χ0n) is 13.7. The van der Waals surface area contributed by atoms with Crippen LogP contribution in [0.15, 0.2) is 36.0 Å². The van der Waals surface area contributed by atoms with Crippen molar-refractivity contribution < 1.29 is 23.8 Å². The first-order valence-corrected chi connectivity index (χ1v) is 7.54. The van der Waals surface area contributed by atoms with Crippen LogP contribution in [-0.2, 0) is 14.3 Å². The zero-order chi connectivity index (χ0) is 18.0. The summed E-state index contributed by atoms with van der Waals surface area (Å²) in [6.45, 7) is 0. The molecule has 1 unspecified atom stereocenters. The van der Waals surface area contributed by atoms with E-state index in [1.807, 2.05) is 6.08 Å². The molecule has 0 radical (unpaired) electrons. The zero-order valence-corrected chi connectivity index (χ0v) is 13.7. The molecule has 1 amide bonds. The second kappa shape index (κ2) is 6.68. The van der Waals surface area contributed by atoms with Crippen LogP contribution in [0.3, 0.4) is 0 Å². The monoisotopic (exact) mass is 343 g/mol. The minimum Gasteiger partial charge on any atom is -0.496 e. The Balaban J connectivity index is 1.81. The lowest BCUT2D eigenvalue weighted by molar-refractivity contribution is -0.115. The Bertz CT molecular complexity index is 813. The number of methoxy groups -OCH3 is 2. The van der Waals surface area contributed by atoms with E-state index in [4.69, 9.17) is 19.6 Å². The normalized spacial score (nSPS) is 20.6. The van der Waals surface area contributed by atoms with Crippen molar-refractivity contribution >= 4 is 23.6 Å². The van der Waals surface area contributed by atoms with Crippen molar-refractivity contribution in [3.63, 3.8) is 0 Å². The molecule has 130 valence electrons. The quantitative estimate of drug-likeness (QED) is 0.559. The molecule has 3 N–H and O–H groups in total. The number of carbonyl (C=O) groups excluding carboxylic acids is 2. The third-order valence-electron chi connectivity index (χ3n) is 3.80. The smallest absolute Gasteiger partial charge is 0.337 e. The number of amides is 1. The van der Waals surface area contributed by atoms with Crippen LogP contribution in [0.25, 0.3) is 5.76 Å². The molecule has 2 heterocycles. The predicted molar refractivity (Wildman–Crippen MR) is 88.9 cm³/mol. The van der Waals surface area contributed by atoms with Gasteiger partial charge >= 0.3 is 5.97 Å². The molecule has 0 saturated carbocycles.